The van der Waals surface area contributed by atoms with Gasteiger partial charge in [0, 0.05) is 61.2 Å². The highest BCUT2D eigenvalue weighted by Crippen LogP contribution is 2.50. The van der Waals surface area contributed by atoms with Gasteiger partial charge in [-0.25, -0.2) is 9.48 Å². The molecule has 10 atom stereocenters. The van der Waals surface area contributed by atoms with Crippen molar-refractivity contribution in [2.75, 3.05) is 26.2 Å². The molecule has 42 heavy (non-hydrogen) atoms. The number of aliphatic carboxylic acids is 1. The minimum atomic E-state index is -1.06. The summed E-state index contributed by atoms with van der Waals surface area (Å²) in [6, 6.07) is -2.26. The number of amides is 3. The van der Waals surface area contributed by atoms with Crippen molar-refractivity contribution in [1.82, 2.24) is 40.6 Å². The number of β-lactam (4-membered cyclic amide) rings is 1. The van der Waals surface area contributed by atoms with Crippen LogP contribution in [0.15, 0.2) is 6.33 Å². The van der Waals surface area contributed by atoms with Crippen molar-refractivity contribution in [2.24, 2.45) is 29.4 Å². The number of rotatable bonds is 11. The smallest absolute Gasteiger partial charge is 0.327 e. The van der Waals surface area contributed by atoms with E-state index in [1.165, 1.54) is 27.7 Å². The van der Waals surface area contributed by atoms with E-state index in [1.807, 2.05) is 6.92 Å². The molecule has 5 heterocycles. The van der Waals surface area contributed by atoms with Gasteiger partial charge in [0.1, 0.15) is 18.9 Å². The third-order valence-electron chi connectivity index (χ3n) is 9.12. The van der Waals surface area contributed by atoms with Crippen molar-refractivity contribution in [3.05, 3.63) is 6.33 Å². The van der Waals surface area contributed by atoms with E-state index < -0.39 is 30.0 Å². The van der Waals surface area contributed by atoms with Crippen molar-refractivity contribution in [3.8, 4) is 0 Å². The van der Waals surface area contributed by atoms with E-state index in [2.05, 4.69) is 26.2 Å². The maximum atomic E-state index is 13.3. The maximum Gasteiger partial charge on any atom is 0.327 e. The van der Waals surface area contributed by atoms with Crippen molar-refractivity contribution in [2.45, 2.75) is 67.9 Å². The van der Waals surface area contributed by atoms with Crippen molar-refractivity contribution >= 4 is 41.3 Å². The lowest BCUT2D eigenvalue weighted by Crippen LogP contribution is -2.68. The van der Waals surface area contributed by atoms with Crippen LogP contribution < -0.4 is 16.4 Å². The second kappa shape index (κ2) is 12.1. The molecule has 7 N–H and O–H groups in total. The number of tetrazole rings is 1. The van der Waals surface area contributed by atoms with Crippen molar-refractivity contribution in [3.63, 3.8) is 0 Å². The number of hydrogen-bond donors (Lipinski definition) is 6. The molecule has 17 heteroatoms. The second-order valence-electron chi connectivity index (χ2n) is 11.9. The fourth-order valence-corrected chi connectivity index (χ4v) is 8.88. The minimum absolute atomic E-state index is 0.0295. The summed E-state index contributed by atoms with van der Waals surface area (Å²) in [6.45, 7) is 4.90. The molecule has 0 radical (unpaired) electrons. The molecule has 4 aliphatic rings. The number of fused-ring (bicyclic) bond motifs is 1. The zero-order chi connectivity index (χ0) is 30.3. The molecule has 0 aliphatic carbocycles. The molecule has 3 amide bonds. The van der Waals surface area contributed by atoms with E-state index in [9.17, 15) is 29.4 Å². The van der Waals surface area contributed by atoms with Crippen LogP contribution in [0.4, 0.5) is 0 Å². The maximum absolute atomic E-state index is 13.3. The number of nitrogens with one attached hydrogen (secondary N) is 3. The molecule has 4 aliphatic heterocycles. The number of aliphatic hydroxyl groups excluding tert-OH is 1. The summed E-state index contributed by atoms with van der Waals surface area (Å²) in [4.78, 5) is 54.6. The van der Waals surface area contributed by atoms with Gasteiger partial charge in [0.15, 0.2) is 0 Å². The average molecular weight is 607 g/mol. The number of carboxylic acids is 1. The van der Waals surface area contributed by atoms with Gasteiger partial charge < -0.3 is 36.4 Å². The number of nitrogens with two attached hydrogens (primary N) is 1. The van der Waals surface area contributed by atoms with E-state index in [1.54, 1.807) is 11.8 Å². The Hall–Kier alpha value is -3.31. The first-order valence-corrected chi connectivity index (χ1v) is 15.1. The summed E-state index contributed by atoms with van der Waals surface area (Å²) in [6.07, 6.45) is 2.17. The first-order chi connectivity index (χ1) is 20.0. The molecule has 5 rings (SSSR count). The Morgan fingerprint density at radius 3 is 2.69 bits per heavy atom. The van der Waals surface area contributed by atoms with Gasteiger partial charge in [-0.3, -0.25) is 19.8 Å². The molecular weight excluding hydrogens is 568 g/mol. The van der Waals surface area contributed by atoms with Crippen LogP contribution in [0.1, 0.15) is 26.7 Å². The summed E-state index contributed by atoms with van der Waals surface area (Å²) in [5.74, 6) is -2.61. The number of thioether (sulfide) groups is 1. The molecule has 0 aromatic carbocycles. The van der Waals surface area contributed by atoms with Crippen molar-refractivity contribution in [1.29, 1.82) is 5.41 Å². The van der Waals surface area contributed by atoms with Gasteiger partial charge in [0.05, 0.1) is 17.8 Å². The Kier molecular flexibility index (Phi) is 8.71. The lowest BCUT2D eigenvalue weighted by atomic mass is 9.78. The van der Waals surface area contributed by atoms with E-state index in [4.69, 9.17) is 11.1 Å². The molecule has 0 saturated carbocycles. The molecule has 230 valence electrons. The summed E-state index contributed by atoms with van der Waals surface area (Å²) < 4.78 is 1.27. The predicted octanol–water partition coefficient (Wildman–Crippen LogP) is -2.67. The summed E-state index contributed by atoms with van der Waals surface area (Å²) in [5.41, 5.74) is 5.57. The Balaban J connectivity index is 1.19. The number of carbonyl (C=O) groups excluding carboxylic acids is 3. The molecule has 1 aromatic rings. The molecule has 0 bridgehead atoms. The number of carboxylic acid groups (broad SMARTS) is 1. The lowest BCUT2D eigenvalue weighted by molar-refractivity contribution is -0.166. The first-order valence-electron chi connectivity index (χ1n) is 14.2. The number of carbonyl (C=O) groups is 4. The Morgan fingerprint density at radius 1 is 1.31 bits per heavy atom. The van der Waals surface area contributed by atoms with E-state index in [0.717, 1.165) is 0 Å². The van der Waals surface area contributed by atoms with Crippen LogP contribution in [0.2, 0.25) is 0 Å². The fraction of sp³-hybridized carbons (Fsp3) is 0.760. The highest BCUT2D eigenvalue weighted by atomic mass is 32.2. The zero-order valence-corrected chi connectivity index (χ0v) is 24.3. The summed E-state index contributed by atoms with van der Waals surface area (Å²) in [7, 11) is 0. The lowest BCUT2D eigenvalue weighted by Gasteiger charge is -2.48. The topological polar surface area (TPSA) is 233 Å². The third-order valence-corrected chi connectivity index (χ3v) is 10.9. The van der Waals surface area contributed by atoms with Gasteiger partial charge in [-0.1, -0.05) is 6.92 Å². The van der Waals surface area contributed by atoms with E-state index >= 15 is 0 Å². The number of amidine groups is 1. The van der Waals surface area contributed by atoms with E-state index in [-0.39, 0.29) is 71.0 Å². The van der Waals surface area contributed by atoms with Crippen LogP contribution in [-0.2, 0) is 25.7 Å². The SMILES string of the molecule is CC(NC(=O)Cn1cnnn1)[C@H]1C(=O)N2C(C(=O)O)[C@H](SC3CNC(C(=O)N4C[C@@H](CO)[C@@H](CC(=N)N)C4)C3)[C@@H](C)[C@H]12. The minimum Gasteiger partial charge on any atom is -0.480 e. The van der Waals surface area contributed by atoms with Crippen molar-refractivity contribution < 1.29 is 29.4 Å². The van der Waals surface area contributed by atoms with Crippen LogP contribution in [0, 0.1) is 29.1 Å². The van der Waals surface area contributed by atoms with E-state index in [0.29, 0.717) is 32.5 Å². The molecule has 4 unspecified atom stereocenters. The number of likely N-dealkylation sites (tertiary alicyclic amines) is 1. The largest absolute Gasteiger partial charge is 0.480 e. The second-order valence-corrected chi connectivity index (χ2v) is 13.3. The van der Waals surface area contributed by atoms with Crippen LogP contribution in [0.3, 0.4) is 0 Å². The number of nitrogens with zero attached hydrogens (tertiary/aromatic N) is 6. The third kappa shape index (κ3) is 5.68. The van der Waals surface area contributed by atoms with Crippen LogP contribution in [0.25, 0.3) is 0 Å². The van der Waals surface area contributed by atoms with Crippen LogP contribution in [0.5, 0.6) is 0 Å². The summed E-state index contributed by atoms with van der Waals surface area (Å²) in [5, 5.41) is 43.9. The monoisotopic (exact) mass is 606 g/mol. The molecule has 4 saturated heterocycles. The normalized spacial score (nSPS) is 34.6. The van der Waals surface area contributed by atoms with Gasteiger partial charge in [-0.05, 0) is 35.6 Å². The van der Waals surface area contributed by atoms with Crippen LogP contribution in [-0.4, -0.2) is 131 Å². The average Bonchev–Trinajstić information content (AvgIpc) is 3.71. The van der Waals surface area contributed by atoms with Gasteiger partial charge in [-0.2, -0.15) is 11.8 Å². The molecule has 4 fully saturated rings. The number of aliphatic hydroxyl groups is 1. The zero-order valence-electron chi connectivity index (χ0n) is 23.5. The van der Waals surface area contributed by atoms with Gasteiger partial charge in [0.25, 0.3) is 0 Å². The Labute approximate surface area is 246 Å². The van der Waals surface area contributed by atoms with Crippen LogP contribution >= 0.6 is 11.8 Å². The highest BCUT2D eigenvalue weighted by Gasteiger charge is 2.65. The molecule has 16 nitrogen and oxygen atoms in total. The number of hydrogen-bond acceptors (Lipinski definition) is 11. The Bertz CT molecular complexity index is 1220. The van der Waals surface area contributed by atoms with Gasteiger partial charge >= 0.3 is 5.97 Å². The quantitative estimate of drug-likeness (QED) is 0.0860. The highest BCUT2D eigenvalue weighted by molar-refractivity contribution is 8.00. The summed E-state index contributed by atoms with van der Waals surface area (Å²) >= 11 is 1.51. The molecule has 1 aromatic heterocycles. The molecular formula is C25H38N10O6S. The predicted molar refractivity (Wildman–Crippen MR) is 149 cm³/mol. The number of aromatic nitrogens is 4. The van der Waals surface area contributed by atoms with Gasteiger partial charge in [-0.15, -0.1) is 5.10 Å². The van der Waals surface area contributed by atoms with Gasteiger partial charge in [0.2, 0.25) is 17.7 Å². The fourth-order valence-electron chi connectivity index (χ4n) is 7.13. The Morgan fingerprint density at radius 2 is 2.05 bits per heavy atom. The first kappa shape index (κ1) is 30.2. The molecule has 0 spiro atoms. The standard InChI is InChI=1S/C25H38N10O6S/c1-11-20-19(12(2)30-18(37)8-34-10-29-31-32-34)24(39)35(20)21(25(40)41)22(11)42-15-4-16(28-5-15)23(38)33-6-13(3-17(26)27)14(7-33)9-36/h10-16,19-22,28,36H,3-9H2,1-2H3,(H3,26,27)(H,30,37)(H,40,41)/t11-,12?,13-,14-,15?,16?,19+,20+,21?,22+/m0/s1.